The third kappa shape index (κ3) is 3.43. The first-order valence-corrected chi connectivity index (χ1v) is 18.2. The molecule has 0 N–H and O–H groups in total. The van der Waals surface area contributed by atoms with E-state index in [0.717, 1.165) is 40.2 Å². The number of fused-ring (bicyclic) bond motifs is 8. The molecule has 244 valence electrons. The maximum Gasteiger partial charge on any atom is 0.123 e. The zero-order chi connectivity index (χ0) is 34.1. The lowest BCUT2D eigenvalue weighted by atomic mass is 9.71. The molecular formula is C49H31FN2. The van der Waals surface area contributed by atoms with Crippen molar-refractivity contribution in [1.82, 2.24) is 4.57 Å². The third-order valence-corrected chi connectivity index (χ3v) is 12.1. The fourth-order valence-corrected chi connectivity index (χ4v) is 10.3. The topological polar surface area (TPSA) is 8.17 Å². The van der Waals surface area contributed by atoms with E-state index in [1.165, 1.54) is 55.3 Å². The molecule has 0 saturated carbocycles. The zero-order valence-electron chi connectivity index (χ0n) is 28.2. The molecule has 0 amide bonds. The number of hydrogen-bond donors (Lipinski definition) is 0. The Morgan fingerprint density at radius 2 is 1.31 bits per heavy atom. The lowest BCUT2D eigenvalue weighted by molar-refractivity contribution is 0.627. The van der Waals surface area contributed by atoms with Gasteiger partial charge in [0.05, 0.1) is 16.4 Å². The van der Waals surface area contributed by atoms with Crippen molar-refractivity contribution in [1.29, 1.82) is 0 Å². The summed E-state index contributed by atoms with van der Waals surface area (Å²) in [7, 11) is 0. The number of anilines is 3. The molecule has 1 heterocycles. The second kappa shape index (κ2) is 10.1. The molecule has 4 aliphatic rings. The van der Waals surface area contributed by atoms with Crippen LogP contribution in [0.25, 0.3) is 44.2 Å². The summed E-state index contributed by atoms with van der Waals surface area (Å²) in [5, 5.41) is 2.34. The maximum atomic E-state index is 14.1. The Morgan fingerprint density at radius 3 is 2.21 bits per heavy atom. The monoisotopic (exact) mass is 666 g/mol. The first-order chi connectivity index (χ1) is 25.7. The number of benzene rings is 7. The molecule has 2 atom stereocenters. The molecule has 52 heavy (non-hydrogen) atoms. The molecule has 1 spiro atoms. The summed E-state index contributed by atoms with van der Waals surface area (Å²) in [5.41, 5.74) is 18.9. The summed E-state index contributed by atoms with van der Waals surface area (Å²) >= 11 is 0. The average molecular weight is 667 g/mol. The first kappa shape index (κ1) is 28.3. The number of allylic oxidation sites excluding steroid dienone is 4. The summed E-state index contributed by atoms with van der Waals surface area (Å²) in [4.78, 5) is 2.40. The van der Waals surface area contributed by atoms with Gasteiger partial charge in [-0.1, -0.05) is 103 Å². The summed E-state index contributed by atoms with van der Waals surface area (Å²) < 4.78 is 16.4. The normalized spacial score (nSPS) is 18.5. The molecule has 0 saturated heterocycles. The molecule has 12 rings (SSSR count). The van der Waals surface area contributed by atoms with Gasteiger partial charge in [0, 0.05) is 39.4 Å². The Morgan fingerprint density at radius 1 is 0.577 bits per heavy atom. The van der Waals surface area contributed by atoms with Gasteiger partial charge in [0.25, 0.3) is 0 Å². The van der Waals surface area contributed by atoms with Gasteiger partial charge in [0.2, 0.25) is 0 Å². The van der Waals surface area contributed by atoms with E-state index in [4.69, 9.17) is 0 Å². The Kier molecular flexibility index (Phi) is 5.48. The largest absolute Gasteiger partial charge is 0.310 e. The highest BCUT2D eigenvalue weighted by molar-refractivity contribution is 6.10. The van der Waals surface area contributed by atoms with Crippen molar-refractivity contribution in [2.24, 2.45) is 0 Å². The fraction of sp³-hybridized carbons (Fsp3) is 0.0612. The molecule has 7 aromatic carbocycles. The molecular weight excluding hydrogens is 636 g/mol. The van der Waals surface area contributed by atoms with E-state index in [1.54, 1.807) is 17.7 Å². The Hall–Kier alpha value is -6.45. The molecule has 1 aromatic heterocycles. The molecule has 3 heteroatoms. The quantitative estimate of drug-likeness (QED) is 0.181. The van der Waals surface area contributed by atoms with Crippen molar-refractivity contribution in [3.8, 4) is 16.8 Å². The standard InChI is InChI=1S/C49H31FN2/c50-30-20-22-32(23-21-30)52-45-19-7-5-13-37(45)38-27-25-34(29-46(38)52)51(31-10-2-1-3-11-31)33-24-26-36-40-15-9-17-42-41-16-8-14-39-35-12-4-6-18-43(35)49(47(39)41,48(40)42)44(36)28-33/h1-14,16-29,40H,15H2. The van der Waals surface area contributed by atoms with Crippen LogP contribution in [-0.4, -0.2) is 4.57 Å². The summed E-state index contributed by atoms with van der Waals surface area (Å²) in [6.45, 7) is 0. The molecule has 0 radical (unpaired) electrons. The third-order valence-electron chi connectivity index (χ3n) is 12.1. The van der Waals surface area contributed by atoms with Gasteiger partial charge in [0.1, 0.15) is 5.82 Å². The lowest BCUT2D eigenvalue weighted by Crippen LogP contribution is -2.25. The number of hydrogen-bond acceptors (Lipinski definition) is 1. The van der Waals surface area contributed by atoms with E-state index in [2.05, 4.69) is 155 Å². The number of nitrogens with zero attached hydrogens (tertiary/aromatic N) is 2. The van der Waals surface area contributed by atoms with Crippen LogP contribution in [0, 0.1) is 5.82 Å². The van der Waals surface area contributed by atoms with Crippen LogP contribution in [0.1, 0.15) is 40.2 Å². The van der Waals surface area contributed by atoms with Gasteiger partial charge >= 0.3 is 0 Å². The number of aromatic nitrogens is 1. The fourth-order valence-electron chi connectivity index (χ4n) is 10.3. The highest BCUT2D eigenvalue weighted by Crippen LogP contribution is 2.71. The summed E-state index contributed by atoms with van der Waals surface area (Å²) in [6, 6.07) is 56.1. The first-order valence-electron chi connectivity index (χ1n) is 18.2. The molecule has 0 aliphatic heterocycles. The Labute approximate surface area is 301 Å². The van der Waals surface area contributed by atoms with Crippen LogP contribution in [0.15, 0.2) is 175 Å². The van der Waals surface area contributed by atoms with Gasteiger partial charge in [0.15, 0.2) is 0 Å². The molecule has 0 bridgehead atoms. The van der Waals surface area contributed by atoms with Crippen LogP contribution < -0.4 is 4.90 Å². The van der Waals surface area contributed by atoms with E-state index in [0.29, 0.717) is 5.92 Å². The average Bonchev–Trinajstić information content (AvgIpc) is 3.89. The summed E-state index contributed by atoms with van der Waals surface area (Å²) in [5.74, 6) is 0.111. The molecule has 8 aromatic rings. The predicted molar refractivity (Wildman–Crippen MR) is 211 cm³/mol. The number of para-hydroxylation sites is 2. The van der Waals surface area contributed by atoms with Crippen molar-refractivity contribution >= 4 is 44.4 Å². The van der Waals surface area contributed by atoms with E-state index in [-0.39, 0.29) is 11.2 Å². The minimum Gasteiger partial charge on any atom is -0.310 e. The van der Waals surface area contributed by atoms with E-state index < -0.39 is 0 Å². The molecule has 0 fully saturated rings. The summed E-state index contributed by atoms with van der Waals surface area (Å²) in [6.07, 6.45) is 5.80. The van der Waals surface area contributed by atoms with Gasteiger partial charge < -0.3 is 9.47 Å². The van der Waals surface area contributed by atoms with Gasteiger partial charge in [-0.15, -0.1) is 0 Å². The predicted octanol–water partition coefficient (Wildman–Crippen LogP) is 12.5. The molecule has 2 unspecified atom stereocenters. The van der Waals surface area contributed by atoms with Gasteiger partial charge in [-0.25, -0.2) is 4.39 Å². The second-order valence-electron chi connectivity index (χ2n) is 14.5. The Balaban J connectivity index is 1.12. The van der Waals surface area contributed by atoms with Crippen LogP contribution in [0.5, 0.6) is 0 Å². The van der Waals surface area contributed by atoms with Crippen LogP contribution >= 0.6 is 0 Å². The zero-order valence-corrected chi connectivity index (χ0v) is 28.2. The van der Waals surface area contributed by atoms with Gasteiger partial charge in [-0.2, -0.15) is 0 Å². The second-order valence-corrected chi connectivity index (χ2v) is 14.5. The number of rotatable bonds is 4. The van der Waals surface area contributed by atoms with Gasteiger partial charge in [-0.3, -0.25) is 0 Å². The van der Waals surface area contributed by atoms with Crippen molar-refractivity contribution in [2.45, 2.75) is 17.8 Å². The van der Waals surface area contributed by atoms with Crippen LogP contribution in [-0.2, 0) is 5.41 Å². The Bertz CT molecular complexity index is 2890. The van der Waals surface area contributed by atoms with E-state index >= 15 is 0 Å². The van der Waals surface area contributed by atoms with Crippen molar-refractivity contribution < 1.29 is 4.39 Å². The van der Waals surface area contributed by atoms with E-state index in [9.17, 15) is 4.39 Å². The highest BCUT2D eigenvalue weighted by atomic mass is 19.1. The maximum absolute atomic E-state index is 14.1. The van der Waals surface area contributed by atoms with Crippen LogP contribution in [0.3, 0.4) is 0 Å². The minimum absolute atomic E-state index is 0.239. The van der Waals surface area contributed by atoms with Gasteiger partial charge in [-0.05, 0) is 123 Å². The molecule has 2 nitrogen and oxygen atoms in total. The lowest BCUT2D eigenvalue weighted by Gasteiger charge is -2.31. The highest BCUT2D eigenvalue weighted by Gasteiger charge is 2.60. The van der Waals surface area contributed by atoms with Crippen LogP contribution in [0.2, 0.25) is 0 Å². The molecule has 4 aliphatic carbocycles. The SMILES string of the molecule is Fc1ccc(-n2c3ccccc3c3ccc(N(c4ccccc4)c4ccc5c(c4)C46C7=C(C=CCC75)c5cccc(c54)-c4ccccc46)cc32)cc1. The van der Waals surface area contributed by atoms with Crippen molar-refractivity contribution in [3.63, 3.8) is 0 Å². The smallest absolute Gasteiger partial charge is 0.123 e. The van der Waals surface area contributed by atoms with E-state index in [1.807, 2.05) is 12.1 Å². The van der Waals surface area contributed by atoms with Crippen LogP contribution in [0.4, 0.5) is 21.5 Å². The van der Waals surface area contributed by atoms with Crippen molar-refractivity contribution in [3.05, 3.63) is 209 Å². The minimum atomic E-state index is -0.292. The number of halogens is 1. The van der Waals surface area contributed by atoms with Crippen molar-refractivity contribution in [2.75, 3.05) is 4.90 Å².